The summed E-state index contributed by atoms with van der Waals surface area (Å²) in [6.45, 7) is 2.54. The van der Waals surface area contributed by atoms with Crippen molar-refractivity contribution in [3.8, 4) is 11.5 Å². The first-order valence-electron chi connectivity index (χ1n) is 5.75. The molecule has 0 aliphatic carbocycles. The molecule has 0 heterocycles. The third-order valence-electron chi connectivity index (χ3n) is 2.78. The number of nitrogens with one attached hydrogen (secondary N) is 1. The zero-order valence-electron chi connectivity index (χ0n) is 10.9. The molecule has 1 aromatic carbocycles. The van der Waals surface area contributed by atoms with Crippen LogP contribution in [0.4, 0.5) is 0 Å². The van der Waals surface area contributed by atoms with E-state index in [2.05, 4.69) is 5.32 Å². The van der Waals surface area contributed by atoms with Crippen molar-refractivity contribution in [2.45, 2.75) is 19.4 Å². The fourth-order valence-electron chi connectivity index (χ4n) is 1.92. The summed E-state index contributed by atoms with van der Waals surface area (Å²) in [4.78, 5) is 0. The first-order chi connectivity index (χ1) is 8.17. The average Bonchev–Trinajstić information content (AvgIpc) is 2.37. The van der Waals surface area contributed by atoms with E-state index in [0.29, 0.717) is 12.3 Å². The van der Waals surface area contributed by atoms with Gasteiger partial charge in [0, 0.05) is 12.6 Å². The molecule has 4 nitrogen and oxygen atoms in total. The van der Waals surface area contributed by atoms with Crippen LogP contribution in [0, 0.1) is 0 Å². The third-order valence-corrected chi connectivity index (χ3v) is 2.78. The molecule has 1 aromatic rings. The van der Waals surface area contributed by atoms with Gasteiger partial charge in [-0.3, -0.25) is 0 Å². The molecule has 0 amide bonds. The van der Waals surface area contributed by atoms with Crippen LogP contribution >= 0.6 is 0 Å². The topological polar surface area (TPSA) is 50.7 Å². The lowest BCUT2D eigenvalue weighted by molar-refractivity contribution is 0.176. The van der Waals surface area contributed by atoms with E-state index in [0.717, 1.165) is 23.3 Å². The highest BCUT2D eigenvalue weighted by atomic mass is 16.5. The van der Waals surface area contributed by atoms with E-state index in [-0.39, 0.29) is 0 Å². The predicted molar refractivity (Wildman–Crippen MR) is 67.8 cm³/mol. The Balaban J connectivity index is 3.23. The standard InChI is InChI=1S/C13H21NO3/c1-5-10-11(12(15)8-14-2)6-9(16-3)7-13(10)17-4/h6-7,12,14-15H,5,8H2,1-4H3. The van der Waals surface area contributed by atoms with Crippen molar-refractivity contribution in [3.63, 3.8) is 0 Å². The van der Waals surface area contributed by atoms with Crippen molar-refractivity contribution in [2.75, 3.05) is 27.8 Å². The number of hydrogen-bond donors (Lipinski definition) is 2. The maximum atomic E-state index is 10.1. The molecule has 96 valence electrons. The summed E-state index contributed by atoms with van der Waals surface area (Å²) < 4.78 is 10.5. The molecule has 0 bridgehead atoms. The van der Waals surface area contributed by atoms with Gasteiger partial charge in [0.2, 0.25) is 0 Å². The summed E-state index contributed by atoms with van der Waals surface area (Å²) in [6, 6.07) is 3.71. The minimum atomic E-state index is -0.557. The number of benzene rings is 1. The molecule has 0 aromatic heterocycles. The van der Waals surface area contributed by atoms with Crippen LogP contribution in [0.1, 0.15) is 24.2 Å². The normalized spacial score (nSPS) is 12.3. The van der Waals surface area contributed by atoms with Crippen molar-refractivity contribution in [1.29, 1.82) is 0 Å². The van der Waals surface area contributed by atoms with Gasteiger partial charge in [0.15, 0.2) is 0 Å². The Labute approximate surface area is 103 Å². The van der Waals surface area contributed by atoms with E-state index >= 15 is 0 Å². The number of methoxy groups -OCH3 is 2. The average molecular weight is 239 g/mol. The Morgan fingerprint density at radius 2 is 2.00 bits per heavy atom. The summed E-state index contributed by atoms with van der Waals surface area (Å²) in [5.41, 5.74) is 1.88. The number of aliphatic hydroxyl groups excluding tert-OH is 1. The van der Waals surface area contributed by atoms with E-state index < -0.39 is 6.10 Å². The van der Waals surface area contributed by atoms with E-state index in [1.807, 2.05) is 26.1 Å². The van der Waals surface area contributed by atoms with Crippen LogP contribution in [0.15, 0.2) is 12.1 Å². The summed E-state index contributed by atoms with van der Waals surface area (Å²) in [5, 5.41) is 13.1. The van der Waals surface area contributed by atoms with Crippen molar-refractivity contribution < 1.29 is 14.6 Å². The second-order valence-electron chi connectivity index (χ2n) is 3.82. The molecule has 4 heteroatoms. The van der Waals surface area contributed by atoms with E-state index in [1.54, 1.807) is 14.2 Å². The van der Waals surface area contributed by atoms with E-state index in [1.165, 1.54) is 0 Å². The van der Waals surface area contributed by atoms with Crippen molar-refractivity contribution >= 4 is 0 Å². The van der Waals surface area contributed by atoms with Crippen LogP contribution in [0.3, 0.4) is 0 Å². The second kappa shape index (κ2) is 6.47. The van der Waals surface area contributed by atoms with Crippen molar-refractivity contribution in [3.05, 3.63) is 23.3 Å². The fourth-order valence-corrected chi connectivity index (χ4v) is 1.92. The molecule has 0 radical (unpaired) electrons. The molecule has 0 saturated carbocycles. The highest BCUT2D eigenvalue weighted by molar-refractivity contribution is 5.47. The van der Waals surface area contributed by atoms with Gasteiger partial charge in [-0.1, -0.05) is 6.92 Å². The zero-order valence-corrected chi connectivity index (χ0v) is 10.9. The van der Waals surface area contributed by atoms with Gasteiger partial charge in [-0.25, -0.2) is 0 Å². The van der Waals surface area contributed by atoms with Crippen LogP contribution < -0.4 is 14.8 Å². The maximum absolute atomic E-state index is 10.1. The number of ether oxygens (including phenoxy) is 2. The molecule has 0 fully saturated rings. The Morgan fingerprint density at radius 3 is 2.47 bits per heavy atom. The molecule has 1 rings (SSSR count). The van der Waals surface area contributed by atoms with Crippen LogP contribution in [-0.4, -0.2) is 32.9 Å². The molecule has 0 aliphatic rings. The van der Waals surface area contributed by atoms with Crippen molar-refractivity contribution in [2.24, 2.45) is 0 Å². The smallest absolute Gasteiger partial charge is 0.126 e. The number of hydrogen-bond acceptors (Lipinski definition) is 4. The first kappa shape index (κ1) is 13.8. The van der Waals surface area contributed by atoms with Crippen LogP contribution in [0.5, 0.6) is 11.5 Å². The molecule has 0 saturated heterocycles. The SMILES string of the molecule is CCc1c(OC)cc(OC)cc1C(O)CNC. The first-order valence-corrected chi connectivity index (χ1v) is 5.75. The molecular weight excluding hydrogens is 218 g/mol. The minimum Gasteiger partial charge on any atom is -0.497 e. The molecule has 0 spiro atoms. The second-order valence-corrected chi connectivity index (χ2v) is 3.82. The van der Waals surface area contributed by atoms with E-state index in [9.17, 15) is 5.11 Å². The van der Waals surface area contributed by atoms with Gasteiger partial charge in [0.25, 0.3) is 0 Å². The lowest BCUT2D eigenvalue weighted by Crippen LogP contribution is -2.18. The maximum Gasteiger partial charge on any atom is 0.126 e. The van der Waals surface area contributed by atoms with Gasteiger partial charge in [0.05, 0.1) is 20.3 Å². The van der Waals surface area contributed by atoms with Gasteiger partial charge in [0.1, 0.15) is 11.5 Å². The quantitative estimate of drug-likeness (QED) is 0.790. The molecular formula is C13H21NO3. The van der Waals surface area contributed by atoms with Gasteiger partial charge in [-0.15, -0.1) is 0 Å². The minimum absolute atomic E-state index is 0.503. The van der Waals surface area contributed by atoms with Gasteiger partial charge >= 0.3 is 0 Å². The Kier molecular flexibility index (Phi) is 5.25. The van der Waals surface area contributed by atoms with Gasteiger partial charge in [-0.05, 0) is 30.7 Å². The summed E-state index contributed by atoms with van der Waals surface area (Å²) in [6.07, 6.45) is 0.252. The summed E-state index contributed by atoms with van der Waals surface area (Å²) >= 11 is 0. The number of aliphatic hydroxyl groups is 1. The molecule has 0 aliphatic heterocycles. The lowest BCUT2D eigenvalue weighted by Gasteiger charge is -2.18. The molecule has 17 heavy (non-hydrogen) atoms. The van der Waals surface area contributed by atoms with Gasteiger partial charge in [-0.2, -0.15) is 0 Å². The molecule has 2 N–H and O–H groups in total. The van der Waals surface area contributed by atoms with Gasteiger partial charge < -0.3 is 19.9 Å². The zero-order chi connectivity index (χ0) is 12.8. The van der Waals surface area contributed by atoms with Crippen molar-refractivity contribution in [1.82, 2.24) is 5.32 Å². The summed E-state index contributed by atoms with van der Waals surface area (Å²) in [5.74, 6) is 1.46. The predicted octanol–water partition coefficient (Wildman–Crippen LogP) is 1.52. The Bertz CT molecular complexity index is 366. The molecule has 1 unspecified atom stereocenters. The number of rotatable bonds is 6. The highest BCUT2D eigenvalue weighted by Gasteiger charge is 2.16. The third kappa shape index (κ3) is 3.11. The Morgan fingerprint density at radius 1 is 1.29 bits per heavy atom. The largest absolute Gasteiger partial charge is 0.497 e. The summed E-state index contributed by atoms with van der Waals surface area (Å²) in [7, 11) is 5.04. The number of likely N-dealkylation sites (N-methyl/N-ethyl adjacent to an activating group) is 1. The van der Waals surface area contributed by atoms with Crippen LogP contribution in [0.2, 0.25) is 0 Å². The van der Waals surface area contributed by atoms with Crippen LogP contribution in [0.25, 0.3) is 0 Å². The van der Waals surface area contributed by atoms with E-state index in [4.69, 9.17) is 9.47 Å². The monoisotopic (exact) mass is 239 g/mol. The Hall–Kier alpha value is -1.26. The fraction of sp³-hybridized carbons (Fsp3) is 0.538. The molecule has 1 atom stereocenters. The highest BCUT2D eigenvalue weighted by Crippen LogP contribution is 2.32. The van der Waals surface area contributed by atoms with Crippen LogP contribution in [-0.2, 0) is 6.42 Å². The lowest BCUT2D eigenvalue weighted by atomic mass is 9.98.